The minimum Gasteiger partial charge on any atom is -1.00 e. The molecular weight excluding hydrogens is 467 g/mol. The van der Waals surface area contributed by atoms with Crippen molar-refractivity contribution in [1.29, 1.82) is 0 Å². The molecule has 3 aromatic carbocycles. The summed E-state index contributed by atoms with van der Waals surface area (Å²) in [6.45, 7) is 8.88. The van der Waals surface area contributed by atoms with Crippen LogP contribution in [0, 0.1) is 0 Å². The SMILES string of the molecule is CCN(CC)CCC[n+]1c(-c2ccccc2)c2ccccc2c2ccccc21.[I-]. The second-order valence-electron chi connectivity index (χ2n) is 7.31. The summed E-state index contributed by atoms with van der Waals surface area (Å²) in [5, 5.41) is 3.99. The zero-order chi connectivity index (χ0) is 19.3. The Bertz CT molecular complexity index is 1070. The number of hydrogen-bond acceptors (Lipinski definition) is 1. The summed E-state index contributed by atoms with van der Waals surface area (Å²) >= 11 is 0. The van der Waals surface area contributed by atoms with Crippen LogP contribution in [0.5, 0.6) is 0 Å². The fourth-order valence-corrected chi connectivity index (χ4v) is 4.26. The molecule has 0 fully saturated rings. The molecule has 1 aromatic heterocycles. The maximum atomic E-state index is 2.54. The summed E-state index contributed by atoms with van der Waals surface area (Å²) in [6.07, 6.45) is 1.15. The Labute approximate surface area is 191 Å². The molecule has 0 aliphatic heterocycles. The molecule has 0 unspecified atom stereocenters. The predicted molar refractivity (Wildman–Crippen MR) is 119 cm³/mol. The largest absolute Gasteiger partial charge is 1.00 e. The van der Waals surface area contributed by atoms with Gasteiger partial charge in [-0.15, -0.1) is 0 Å². The van der Waals surface area contributed by atoms with Crippen molar-refractivity contribution in [3.63, 3.8) is 0 Å². The normalized spacial score (nSPS) is 11.1. The molecule has 0 N–H and O–H groups in total. The molecule has 0 aliphatic carbocycles. The highest BCUT2D eigenvalue weighted by Crippen LogP contribution is 2.31. The van der Waals surface area contributed by atoms with E-state index in [2.05, 4.69) is 102 Å². The van der Waals surface area contributed by atoms with Crippen LogP contribution in [0.2, 0.25) is 0 Å². The molecular formula is C26H29IN2. The molecule has 4 aromatic rings. The van der Waals surface area contributed by atoms with Gasteiger partial charge < -0.3 is 28.9 Å². The zero-order valence-electron chi connectivity index (χ0n) is 17.3. The second kappa shape index (κ2) is 10.2. The van der Waals surface area contributed by atoms with Gasteiger partial charge in [0.15, 0.2) is 6.54 Å². The Morgan fingerprint density at radius 3 is 1.97 bits per heavy atom. The Morgan fingerprint density at radius 1 is 0.690 bits per heavy atom. The minimum absolute atomic E-state index is 0. The summed E-state index contributed by atoms with van der Waals surface area (Å²) in [4.78, 5) is 2.51. The number of nitrogens with zero attached hydrogens (tertiary/aromatic N) is 2. The molecule has 0 spiro atoms. The van der Waals surface area contributed by atoms with Gasteiger partial charge in [0.1, 0.15) is 0 Å². The lowest BCUT2D eigenvalue weighted by Gasteiger charge is -2.17. The fraction of sp³-hybridized carbons (Fsp3) is 0.269. The van der Waals surface area contributed by atoms with E-state index in [0.29, 0.717) is 0 Å². The third-order valence-electron chi connectivity index (χ3n) is 5.73. The van der Waals surface area contributed by atoms with E-state index < -0.39 is 0 Å². The number of aromatic nitrogens is 1. The third kappa shape index (κ3) is 4.46. The van der Waals surface area contributed by atoms with Gasteiger partial charge in [0, 0.05) is 30.0 Å². The Balaban J connectivity index is 0.00000240. The minimum atomic E-state index is 0. The zero-order valence-corrected chi connectivity index (χ0v) is 19.5. The highest BCUT2D eigenvalue weighted by Gasteiger charge is 2.22. The number of hydrogen-bond donors (Lipinski definition) is 0. The van der Waals surface area contributed by atoms with Gasteiger partial charge in [-0.05, 0) is 37.4 Å². The first kappa shape index (κ1) is 21.7. The van der Waals surface area contributed by atoms with E-state index in [-0.39, 0.29) is 24.0 Å². The van der Waals surface area contributed by atoms with Gasteiger partial charge >= 0.3 is 0 Å². The molecule has 0 bridgehead atoms. The van der Waals surface area contributed by atoms with Gasteiger partial charge in [-0.1, -0.05) is 62.4 Å². The number of pyridine rings is 1. The van der Waals surface area contributed by atoms with Crippen molar-refractivity contribution >= 4 is 21.7 Å². The van der Waals surface area contributed by atoms with Crippen LogP contribution in [0.4, 0.5) is 0 Å². The van der Waals surface area contributed by atoms with Crippen molar-refractivity contribution in [2.24, 2.45) is 0 Å². The average molecular weight is 496 g/mol. The fourth-order valence-electron chi connectivity index (χ4n) is 4.26. The molecule has 150 valence electrons. The number of halogens is 1. The molecule has 1 heterocycles. The van der Waals surface area contributed by atoms with Crippen molar-refractivity contribution in [2.45, 2.75) is 26.8 Å². The smallest absolute Gasteiger partial charge is 0.220 e. The molecule has 0 atom stereocenters. The maximum Gasteiger partial charge on any atom is 0.220 e. The Morgan fingerprint density at radius 2 is 1.28 bits per heavy atom. The van der Waals surface area contributed by atoms with Crippen molar-refractivity contribution < 1.29 is 28.5 Å². The van der Waals surface area contributed by atoms with Gasteiger partial charge in [-0.3, -0.25) is 0 Å². The maximum absolute atomic E-state index is 2.54. The van der Waals surface area contributed by atoms with E-state index in [4.69, 9.17) is 0 Å². The number of benzene rings is 3. The highest BCUT2D eigenvalue weighted by atomic mass is 127. The quantitative estimate of drug-likeness (QED) is 0.217. The second-order valence-corrected chi connectivity index (χ2v) is 7.31. The van der Waals surface area contributed by atoms with E-state index in [1.165, 1.54) is 32.9 Å². The Hall–Kier alpha value is -1.98. The van der Waals surface area contributed by atoms with Crippen LogP contribution < -0.4 is 28.5 Å². The number of rotatable bonds is 7. The molecule has 0 radical (unpaired) electrons. The molecule has 4 rings (SSSR count). The van der Waals surface area contributed by atoms with E-state index in [1.54, 1.807) is 0 Å². The molecule has 0 amide bonds. The number of para-hydroxylation sites is 1. The molecule has 2 nitrogen and oxygen atoms in total. The third-order valence-corrected chi connectivity index (χ3v) is 5.73. The Kier molecular flexibility index (Phi) is 7.62. The van der Waals surface area contributed by atoms with Crippen LogP contribution >= 0.6 is 0 Å². The molecule has 3 heteroatoms. The van der Waals surface area contributed by atoms with E-state index in [9.17, 15) is 0 Å². The van der Waals surface area contributed by atoms with Gasteiger partial charge in [0.2, 0.25) is 11.2 Å². The lowest BCUT2D eigenvalue weighted by Crippen LogP contribution is -3.00. The monoisotopic (exact) mass is 496 g/mol. The number of fused-ring (bicyclic) bond motifs is 3. The van der Waals surface area contributed by atoms with E-state index in [1.807, 2.05) is 0 Å². The summed E-state index contributed by atoms with van der Waals surface area (Å²) in [5.74, 6) is 0. The van der Waals surface area contributed by atoms with Gasteiger partial charge in [0.05, 0.1) is 10.8 Å². The topological polar surface area (TPSA) is 7.12 Å². The first-order chi connectivity index (χ1) is 13.8. The van der Waals surface area contributed by atoms with Crippen molar-refractivity contribution in [3.05, 3.63) is 78.9 Å². The van der Waals surface area contributed by atoms with Crippen molar-refractivity contribution in [1.82, 2.24) is 4.90 Å². The van der Waals surface area contributed by atoms with Gasteiger partial charge in [-0.25, -0.2) is 0 Å². The molecule has 0 saturated heterocycles. The standard InChI is InChI=1S/C26H29N2.HI/c1-3-27(4-2)19-12-20-28-25-18-11-10-16-23(25)22-15-8-9-17-24(22)26(28)21-13-6-5-7-14-21;/h5-11,13-18H,3-4,12,19-20H2,1-2H3;1H/q+1;/p-1. The van der Waals surface area contributed by atoms with Crippen LogP contribution in [0.15, 0.2) is 78.9 Å². The van der Waals surface area contributed by atoms with Gasteiger partial charge in [0.25, 0.3) is 0 Å². The lowest BCUT2D eigenvalue weighted by atomic mass is 9.99. The summed E-state index contributed by atoms with van der Waals surface area (Å²) in [5.41, 5.74) is 3.93. The van der Waals surface area contributed by atoms with Gasteiger partial charge in [-0.2, -0.15) is 4.57 Å². The van der Waals surface area contributed by atoms with Crippen LogP contribution in [0.3, 0.4) is 0 Å². The first-order valence-electron chi connectivity index (χ1n) is 10.4. The summed E-state index contributed by atoms with van der Waals surface area (Å²) in [7, 11) is 0. The van der Waals surface area contributed by atoms with Crippen LogP contribution in [0.25, 0.3) is 32.9 Å². The van der Waals surface area contributed by atoms with Crippen molar-refractivity contribution in [3.8, 4) is 11.3 Å². The van der Waals surface area contributed by atoms with Crippen LogP contribution in [0.1, 0.15) is 20.3 Å². The predicted octanol–water partition coefficient (Wildman–Crippen LogP) is 2.68. The lowest BCUT2D eigenvalue weighted by molar-refractivity contribution is -0.659. The number of aryl methyl sites for hydroxylation is 1. The molecule has 29 heavy (non-hydrogen) atoms. The van der Waals surface area contributed by atoms with Crippen molar-refractivity contribution in [2.75, 3.05) is 19.6 Å². The first-order valence-corrected chi connectivity index (χ1v) is 10.4. The van der Waals surface area contributed by atoms with Crippen LogP contribution in [-0.4, -0.2) is 24.5 Å². The molecule has 0 saturated carbocycles. The van der Waals surface area contributed by atoms with E-state index >= 15 is 0 Å². The summed E-state index contributed by atoms with van der Waals surface area (Å²) < 4.78 is 2.54. The van der Waals surface area contributed by atoms with E-state index in [0.717, 1.165) is 32.6 Å². The average Bonchev–Trinajstić information content (AvgIpc) is 2.77. The molecule has 0 aliphatic rings. The highest BCUT2D eigenvalue weighted by molar-refractivity contribution is 6.08. The summed E-state index contributed by atoms with van der Waals surface area (Å²) in [6, 6.07) is 28.5. The van der Waals surface area contributed by atoms with Crippen LogP contribution in [-0.2, 0) is 6.54 Å².